The molecule has 0 aromatic carbocycles. The number of hydrogen-bond donors (Lipinski definition) is 1. The van der Waals surface area contributed by atoms with Crippen LogP contribution in [0.1, 0.15) is 20.8 Å². The van der Waals surface area contributed by atoms with Crippen LogP contribution in [0.4, 0.5) is 0 Å². The van der Waals surface area contributed by atoms with Crippen molar-refractivity contribution in [3.8, 4) is 0 Å². The fourth-order valence-corrected chi connectivity index (χ4v) is 3.48. The fourth-order valence-electron chi connectivity index (χ4n) is 1.06. The second-order valence-electron chi connectivity index (χ2n) is 7.14. The van der Waals surface area contributed by atoms with Crippen molar-refractivity contribution in [2.75, 3.05) is 0 Å². The Labute approximate surface area is 97.6 Å². The van der Waals surface area contributed by atoms with Crippen molar-refractivity contribution in [3.63, 3.8) is 0 Å². The van der Waals surface area contributed by atoms with Gasteiger partial charge in [-0.25, -0.2) is 0 Å². The predicted octanol–water partition coefficient (Wildman–Crippen LogP) is 3.83. The molecule has 0 saturated carbocycles. The van der Waals surface area contributed by atoms with Crippen LogP contribution in [0.15, 0.2) is 11.8 Å². The van der Waals surface area contributed by atoms with E-state index in [1.807, 2.05) is 0 Å². The summed E-state index contributed by atoms with van der Waals surface area (Å²) in [6.07, 6.45) is 2.06. The summed E-state index contributed by atoms with van der Waals surface area (Å²) in [6.45, 7) is 18.1. The van der Waals surface area contributed by atoms with E-state index in [-0.39, 0.29) is 10.8 Å². The van der Waals surface area contributed by atoms with Gasteiger partial charge in [0.05, 0.1) is 21.9 Å². The van der Waals surface area contributed by atoms with Crippen molar-refractivity contribution in [2.45, 2.75) is 64.3 Å². The second kappa shape index (κ2) is 4.56. The summed E-state index contributed by atoms with van der Waals surface area (Å²) in [6, 6.07) is 0. The SMILES string of the molecule is CC(C)(C)[Si](C)(C)C(O)/C=C/[Si](C)(C)C. The normalized spacial score (nSPS) is 17.1. The molecular formula is C12H28OSi2. The first-order chi connectivity index (χ1) is 6.38. The quantitative estimate of drug-likeness (QED) is 0.748. The maximum absolute atomic E-state index is 10.3. The monoisotopic (exact) mass is 244 g/mol. The van der Waals surface area contributed by atoms with Crippen molar-refractivity contribution in [2.24, 2.45) is 0 Å². The molecule has 0 aliphatic carbocycles. The molecule has 0 spiro atoms. The zero-order valence-electron chi connectivity index (χ0n) is 11.7. The maximum Gasteiger partial charge on any atom is 0.0913 e. The summed E-state index contributed by atoms with van der Waals surface area (Å²) in [5.74, 6) is 0. The van der Waals surface area contributed by atoms with Gasteiger partial charge in [-0.05, 0) is 5.04 Å². The molecule has 0 aromatic heterocycles. The molecule has 0 aromatic rings. The lowest BCUT2D eigenvalue weighted by Crippen LogP contribution is -2.48. The van der Waals surface area contributed by atoms with E-state index in [0.717, 1.165) is 0 Å². The van der Waals surface area contributed by atoms with Gasteiger partial charge in [-0.3, -0.25) is 0 Å². The lowest BCUT2D eigenvalue weighted by Gasteiger charge is -2.39. The summed E-state index contributed by atoms with van der Waals surface area (Å²) in [7, 11) is -2.79. The zero-order chi connectivity index (χ0) is 12.5. The number of hydrogen-bond acceptors (Lipinski definition) is 1. The lowest BCUT2D eigenvalue weighted by atomic mass is 10.2. The van der Waals surface area contributed by atoms with E-state index in [1.54, 1.807) is 0 Å². The molecule has 0 radical (unpaired) electrons. The van der Waals surface area contributed by atoms with Crippen molar-refractivity contribution in [3.05, 3.63) is 11.8 Å². The Balaban J connectivity index is 4.73. The Morgan fingerprint density at radius 1 is 1.00 bits per heavy atom. The summed E-state index contributed by atoms with van der Waals surface area (Å²) in [4.78, 5) is 0. The minimum Gasteiger partial charge on any atom is -0.393 e. The van der Waals surface area contributed by atoms with Crippen LogP contribution in [0.2, 0.25) is 37.8 Å². The molecule has 0 bridgehead atoms. The van der Waals surface area contributed by atoms with Crippen molar-refractivity contribution < 1.29 is 5.11 Å². The van der Waals surface area contributed by atoms with Gasteiger partial charge in [0.15, 0.2) is 0 Å². The molecular weight excluding hydrogens is 216 g/mol. The third kappa shape index (κ3) is 4.66. The minimum atomic E-state index is -1.62. The molecule has 0 saturated heterocycles. The first kappa shape index (κ1) is 15.1. The molecule has 0 aliphatic heterocycles. The minimum absolute atomic E-state index is 0.218. The molecule has 0 heterocycles. The summed E-state index contributed by atoms with van der Waals surface area (Å²) < 4.78 is 0. The molecule has 0 amide bonds. The number of rotatable bonds is 3. The highest BCUT2D eigenvalue weighted by molar-refractivity contribution is 6.83. The highest BCUT2D eigenvalue weighted by atomic mass is 28.3. The molecule has 1 unspecified atom stereocenters. The van der Waals surface area contributed by atoms with E-state index >= 15 is 0 Å². The zero-order valence-corrected chi connectivity index (χ0v) is 13.7. The Morgan fingerprint density at radius 3 is 1.67 bits per heavy atom. The molecule has 1 nitrogen and oxygen atoms in total. The third-order valence-electron chi connectivity index (χ3n) is 3.45. The Kier molecular flexibility index (Phi) is 4.60. The molecule has 15 heavy (non-hydrogen) atoms. The Hall–Kier alpha value is 0.134. The van der Waals surface area contributed by atoms with Crippen molar-refractivity contribution in [1.82, 2.24) is 0 Å². The molecule has 0 aliphatic rings. The summed E-state index contributed by atoms with van der Waals surface area (Å²) in [5, 5.41) is 10.5. The molecule has 0 rings (SSSR count). The van der Waals surface area contributed by atoms with E-state index < -0.39 is 16.1 Å². The number of aliphatic hydroxyl groups excluding tert-OH is 1. The van der Waals surface area contributed by atoms with Crippen LogP contribution in [0.25, 0.3) is 0 Å². The van der Waals surface area contributed by atoms with Crippen LogP contribution in [-0.2, 0) is 0 Å². The first-order valence-corrected chi connectivity index (χ1v) is 12.4. The van der Waals surface area contributed by atoms with Crippen LogP contribution < -0.4 is 0 Å². The molecule has 3 heteroatoms. The van der Waals surface area contributed by atoms with Gasteiger partial charge in [0.1, 0.15) is 0 Å². The van der Waals surface area contributed by atoms with Crippen LogP contribution in [0.5, 0.6) is 0 Å². The predicted molar refractivity (Wildman–Crippen MR) is 75.7 cm³/mol. The smallest absolute Gasteiger partial charge is 0.0913 e. The molecule has 0 fully saturated rings. The average molecular weight is 245 g/mol. The van der Waals surface area contributed by atoms with E-state index in [0.29, 0.717) is 0 Å². The average Bonchev–Trinajstić information content (AvgIpc) is 1.96. The summed E-state index contributed by atoms with van der Waals surface area (Å²) >= 11 is 0. The van der Waals surface area contributed by atoms with Crippen LogP contribution in [0.3, 0.4) is 0 Å². The lowest BCUT2D eigenvalue weighted by molar-refractivity contribution is 0.284. The van der Waals surface area contributed by atoms with Crippen LogP contribution in [0, 0.1) is 0 Å². The van der Waals surface area contributed by atoms with Gasteiger partial charge in [-0.15, -0.1) is 0 Å². The largest absolute Gasteiger partial charge is 0.393 e. The highest BCUT2D eigenvalue weighted by Gasteiger charge is 2.40. The fraction of sp³-hybridized carbons (Fsp3) is 0.833. The topological polar surface area (TPSA) is 20.2 Å². The van der Waals surface area contributed by atoms with Crippen LogP contribution in [-0.4, -0.2) is 27.0 Å². The van der Waals surface area contributed by atoms with Gasteiger partial charge in [-0.1, -0.05) is 65.3 Å². The third-order valence-corrected chi connectivity index (χ3v) is 10.2. The van der Waals surface area contributed by atoms with Gasteiger partial charge in [0.2, 0.25) is 0 Å². The van der Waals surface area contributed by atoms with Gasteiger partial charge in [0.25, 0.3) is 0 Å². The van der Waals surface area contributed by atoms with Crippen LogP contribution >= 0.6 is 0 Å². The van der Waals surface area contributed by atoms with E-state index in [2.05, 4.69) is 65.3 Å². The molecule has 90 valence electrons. The van der Waals surface area contributed by atoms with E-state index in [1.165, 1.54) is 0 Å². The summed E-state index contributed by atoms with van der Waals surface area (Å²) in [5.41, 5.74) is 2.04. The van der Waals surface area contributed by atoms with Gasteiger partial charge in [0, 0.05) is 0 Å². The van der Waals surface area contributed by atoms with Gasteiger partial charge >= 0.3 is 0 Å². The van der Waals surface area contributed by atoms with Crippen molar-refractivity contribution >= 4 is 16.1 Å². The Morgan fingerprint density at radius 2 is 1.40 bits per heavy atom. The maximum atomic E-state index is 10.3. The highest BCUT2D eigenvalue weighted by Crippen LogP contribution is 2.38. The number of aliphatic hydroxyl groups is 1. The van der Waals surface area contributed by atoms with Crippen molar-refractivity contribution in [1.29, 1.82) is 0 Å². The van der Waals surface area contributed by atoms with E-state index in [9.17, 15) is 5.11 Å². The van der Waals surface area contributed by atoms with E-state index in [4.69, 9.17) is 0 Å². The molecule has 1 atom stereocenters. The van der Waals surface area contributed by atoms with Gasteiger partial charge in [-0.2, -0.15) is 0 Å². The second-order valence-corrected chi connectivity index (χ2v) is 17.7. The Bertz CT molecular complexity index is 231. The first-order valence-electron chi connectivity index (χ1n) is 5.75. The van der Waals surface area contributed by atoms with Gasteiger partial charge < -0.3 is 5.11 Å². The standard InChI is InChI=1S/C12H28OSi2/c1-12(2,3)15(7,8)11(13)9-10-14(4,5)6/h9-11,13H,1-8H3/b10-9+. The molecule has 1 N–H and O–H groups in total.